The molecule has 1 aliphatic heterocycles. The highest BCUT2D eigenvalue weighted by atomic mass is 17.2. The molecule has 25 heavy (non-hydrogen) atoms. The van der Waals surface area contributed by atoms with E-state index in [1.807, 2.05) is 72.7 Å². The molecule has 5 heteroatoms. The first kappa shape index (κ1) is 19.6. The van der Waals surface area contributed by atoms with Crippen LogP contribution in [0.15, 0.2) is 24.3 Å². The summed E-state index contributed by atoms with van der Waals surface area (Å²) >= 11 is 0. The maximum atomic E-state index is 12.1. The molecule has 1 aliphatic rings. The number of carbonyl (C=O) groups excluding carboxylic acids is 2. The van der Waals surface area contributed by atoms with Gasteiger partial charge in [0.15, 0.2) is 0 Å². The Kier molecular flexibility index (Phi) is 5.13. The average molecular weight is 347 g/mol. The topological polar surface area (TPSA) is 55.8 Å². The minimum absolute atomic E-state index is 0.110. The number of carbonyl (C=O) groups is 2. The second-order valence-electron chi connectivity index (χ2n) is 8.55. The van der Waals surface area contributed by atoms with Crippen LogP contribution in [0.1, 0.15) is 72.4 Å². The monoisotopic (exact) mass is 347 g/mol. The van der Waals surface area contributed by atoms with Crippen LogP contribution in [0, 0.1) is 0 Å². The van der Waals surface area contributed by atoms with Crippen molar-refractivity contribution in [2.75, 3.05) is 0 Å². The van der Waals surface area contributed by atoms with Gasteiger partial charge in [-0.15, -0.1) is 0 Å². The number of rotatable bonds is 5. The van der Waals surface area contributed by atoms with Gasteiger partial charge in [-0.2, -0.15) is 0 Å². The fourth-order valence-electron chi connectivity index (χ4n) is 2.89. The van der Waals surface area contributed by atoms with Crippen LogP contribution in [0.4, 0.5) is 0 Å². The molecular weight excluding hydrogens is 318 g/mol. The molecule has 5 nitrogen and oxygen atoms in total. The second-order valence-corrected chi connectivity index (χ2v) is 8.55. The first-order chi connectivity index (χ1) is 11.3. The Hall–Kier alpha value is -1.72. The van der Waals surface area contributed by atoms with Crippen LogP contribution in [-0.4, -0.2) is 22.3 Å². The molecule has 0 spiro atoms. The van der Waals surface area contributed by atoms with Gasteiger partial charge in [-0.25, -0.2) is 9.78 Å². The smallest absolute Gasteiger partial charge is 0.230 e. The summed E-state index contributed by atoms with van der Waals surface area (Å²) in [6.07, 6.45) is 0.594. The van der Waals surface area contributed by atoms with E-state index in [1.54, 1.807) is 0 Å². The van der Waals surface area contributed by atoms with E-state index < -0.39 is 16.7 Å². The molecule has 0 aromatic heterocycles. The highest BCUT2D eigenvalue weighted by Gasteiger charge is 2.41. The molecule has 0 saturated carbocycles. The Morgan fingerprint density at radius 3 is 1.64 bits per heavy atom. The summed E-state index contributed by atoms with van der Waals surface area (Å²) in [5, 5.41) is 0. The molecule has 2 rings (SSSR count). The summed E-state index contributed by atoms with van der Waals surface area (Å²) in [6.45, 7) is 13.5. The molecule has 1 aromatic carbocycles. The highest BCUT2D eigenvalue weighted by molar-refractivity contribution is 6.02. The largest absolute Gasteiger partial charge is 0.274 e. The van der Waals surface area contributed by atoms with Gasteiger partial charge in [0.25, 0.3) is 0 Å². The van der Waals surface area contributed by atoms with E-state index in [9.17, 15) is 9.59 Å². The molecule has 1 fully saturated rings. The third-order valence-corrected chi connectivity index (χ3v) is 4.40. The molecule has 2 amide bonds. The summed E-state index contributed by atoms with van der Waals surface area (Å²) in [5.74, 6) is -0.220. The van der Waals surface area contributed by atoms with Crippen LogP contribution in [0.5, 0.6) is 0 Å². The normalized spacial score (nSPS) is 16.7. The van der Waals surface area contributed by atoms with Gasteiger partial charge in [0.1, 0.15) is 5.60 Å². The Labute approximate surface area is 150 Å². The molecule has 0 radical (unpaired) electrons. The minimum Gasteiger partial charge on any atom is -0.274 e. The molecule has 1 saturated heterocycles. The van der Waals surface area contributed by atoms with Gasteiger partial charge < -0.3 is 0 Å². The Morgan fingerprint density at radius 2 is 1.20 bits per heavy atom. The minimum atomic E-state index is -0.671. The van der Waals surface area contributed by atoms with Crippen LogP contribution in [0.2, 0.25) is 0 Å². The molecule has 0 unspecified atom stereocenters. The molecule has 1 aromatic rings. The lowest BCUT2D eigenvalue weighted by atomic mass is 9.89. The first-order valence-corrected chi connectivity index (χ1v) is 8.68. The van der Waals surface area contributed by atoms with Gasteiger partial charge in [0.2, 0.25) is 11.8 Å². The van der Waals surface area contributed by atoms with E-state index in [0.717, 1.165) is 11.1 Å². The Bertz CT molecular complexity index is 637. The van der Waals surface area contributed by atoms with E-state index in [4.69, 9.17) is 9.78 Å². The molecule has 0 bridgehead atoms. The quantitative estimate of drug-likeness (QED) is 0.458. The lowest BCUT2D eigenvalue weighted by Gasteiger charge is -2.35. The predicted octanol–water partition coefficient (Wildman–Crippen LogP) is 4.05. The average Bonchev–Trinajstić information content (AvgIpc) is 2.84. The van der Waals surface area contributed by atoms with E-state index >= 15 is 0 Å². The van der Waals surface area contributed by atoms with Gasteiger partial charge in [-0.05, 0) is 59.6 Å². The van der Waals surface area contributed by atoms with Crippen LogP contribution in [0.25, 0.3) is 0 Å². The maximum Gasteiger partial charge on any atom is 0.230 e. The lowest BCUT2D eigenvalue weighted by Crippen LogP contribution is -2.45. The van der Waals surface area contributed by atoms with Crippen molar-refractivity contribution in [1.82, 2.24) is 4.90 Å². The lowest BCUT2D eigenvalue weighted by molar-refractivity contribution is -0.401. The van der Waals surface area contributed by atoms with Gasteiger partial charge >= 0.3 is 0 Å². The number of amides is 2. The van der Waals surface area contributed by atoms with Crippen molar-refractivity contribution in [2.24, 2.45) is 0 Å². The predicted molar refractivity (Wildman–Crippen MR) is 95.5 cm³/mol. The number of imide groups is 1. The van der Waals surface area contributed by atoms with Gasteiger partial charge in [-0.3, -0.25) is 14.5 Å². The summed E-state index contributed by atoms with van der Waals surface area (Å²) in [5.41, 5.74) is 0.184. The molecular formula is C20H29NO4. The standard InChI is InChI=1S/C20H29NO4/c1-18(2,3)24-25-20(6,7)15-10-8-14(9-11-15)19(4,5)21-16(22)12-13-17(21)23/h8-11H,12-13H2,1-7H3. The fraction of sp³-hybridized carbons (Fsp3) is 0.600. The van der Waals surface area contributed by atoms with Gasteiger partial charge in [-0.1, -0.05) is 24.3 Å². The summed E-state index contributed by atoms with van der Waals surface area (Å²) < 4.78 is 0. The van der Waals surface area contributed by atoms with Crippen molar-refractivity contribution in [3.8, 4) is 0 Å². The zero-order valence-electron chi connectivity index (χ0n) is 16.3. The van der Waals surface area contributed by atoms with E-state index in [1.165, 1.54) is 4.90 Å². The first-order valence-electron chi connectivity index (χ1n) is 8.68. The molecule has 1 heterocycles. The molecule has 138 valence electrons. The summed E-state index contributed by atoms with van der Waals surface area (Å²) in [6, 6.07) is 7.79. The zero-order valence-corrected chi connectivity index (χ0v) is 16.3. The molecule has 0 N–H and O–H groups in total. The van der Waals surface area contributed by atoms with Crippen LogP contribution >= 0.6 is 0 Å². The molecule has 0 aliphatic carbocycles. The van der Waals surface area contributed by atoms with Gasteiger partial charge in [0, 0.05) is 12.8 Å². The number of hydrogen-bond donors (Lipinski definition) is 0. The third-order valence-electron chi connectivity index (χ3n) is 4.40. The van der Waals surface area contributed by atoms with Crippen LogP contribution in [-0.2, 0) is 30.5 Å². The second kappa shape index (κ2) is 6.54. The van der Waals surface area contributed by atoms with Crippen LogP contribution < -0.4 is 0 Å². The highest BCUT2D eigenvalue weighted by Crippen LogP contribution is 2.34. The zero-order chi connectivity index (χ0) is 19.0. The van der Waals surface area contributed by atoms with Crippen molar-refractivity contribution in [3.05, 3.63) is 35.4 Å². The number of benzene rings is 1. The maximum absolute atomic E-state index is 12.1. The number of likely N-dealkylation sites (tertiary alicyclic amines) is 1. The summed E-state index contributed by atoms with van der Waals surface area (Å²) in [4.78, 5) is 36.6. The fourth-order valence-corrected chi connectivity index (χ4v) is 2.89. The van der Waals surface area contributed by atoms with E-state index in [-0.39, 0.29) is 11.8 Å². The van der Waals surface area contributed by atoms with Crippen molar-refractivity contribution in [1.29, 1.82) is 0 Å². The summed E-state index contributed by atoms with van der Waals surface area (Å²) in [7, 11) is 0. The van der Waals surface area contributed by atoms with Crippen molar-refractivity contribution in [2.45, 2.75) is 78.0 Å². The van der Waals surface area contributed by atoms with Crippen LogP contribution in [0.3, 0.4) is 0 Å². The van der Waals surface area contributed by atoms with E-state index in [2.05, 4.69) is 0 Å². The van der Waals surface area contributed by atoms with E-state index in [0.29, 0.717) is 12.8 Å². The number of hydrogen-bond acceptors (Lipinski definition) is 4. The Balaban J connectivity index is 2.21. The Morgan fingerprint density at radius 1 is 0.760 bits per heavy atom. The van der Waals surface area contributed by atoms with Crippen molar-refractivity contribution in [3.63, 3.8) is 0 Å². The van der Waals surface area contributed by atoms with Crippen molar-refractivity contribution >= 4 is 11.8 Å². The number of nitrogens with zero attached hydrogens (tertiary/aromatic N) is 1. The SMILES string of the molecule is CC(C)(C)OOC(C)(C)c1ccc(C(C)(C)N2C(=O)CCC2=O)cc1. The molecule has 0 atom stereocenters. The third kappa shape index (κ3) is 4.28. The van der Waals surface area contributed by atoms with Gasteiger partial charge in [0.05, 0.1) is 11.1 Å². The van der Waals surface area contributed by atoms with Crippen molar-refractivity contribution < 1.29 is 19.4 Å².